The lowest BCUT2D eigenvalue weighted by Gasteiger charge is -1.99. The molecule has 1 aromatic rings. The van der Waals surface area contributed by atoms with Crippen LogP contribution in [0.2, 0.25) is 0 Å². The summed E-state index contributed by atoms with van der Waals surface area (Å²) in [5.74, 6) is -0.275. The van der Waals surface area contributed by atoms with Gasteiger partial charge in [-0.3, -0.25) is 0 Å². The number of rotatable bonds is 1. The minimum absolute atomic E-state index is 0.275. The van der Waals surface area contributed by atoms with Crippen LogP contribution in [0, 0.1) is 0 Å². The van der Waals surface area contributed by atoms with Gasteiger partial charge in [-0.1, -0.05) is 12.7 Å². The van der Waals surface area contributed by atoms with Crippen LogP contribution in [0.15, 0.2) is 17.6 Å². The van der Waals surface area contributed by atoms with E-state index >= 15 is 0 Å². The third kappa shape index (κ3) is 1.29. The first-order valence-electron chi connectivity index (χ1n) is 3.04. The Hall–Kier alpha value is -1.58. The highest BCUT2D eigenvalue weighted by Crippen LogP contribution is 2.09. The Morgan fingerprint density at radius 1 is 1.82 bits per heavy atom. The van der Waals surface area contributed by atoms with Crippen molar-refractivity contribution in [1.29, 1.82) is 0 Å². The van der Waals surface area contributed by atoms with Crippen molar-refractivity contribution in [3.05, 3.63) is 28.8 Å². The fourth-order valence-corrected chi connectivity index (χ4v) is 0.700. The maximum absolute atomic E-state index is 10.8. The molecule has 4 nitrogen and oxygen atoms in total. The third-order valence-corrected chi connectivity index (χ3v) is 1.31. The molecule has 0 saturated heterocycles. The number of hydrogen-bond donors (Lipinski definition) is 1. The second kappa shape index (κ2) is 2.57. The van der Waals surface area contributed by atoms with Crippen LogP contribution in [0.4, 0.5) is 0 Å². The molecule has 0 aromatic carbocycles. The maximum atomic E-state index is 10.8. The molecule has 58 valence electrons. The Balaban J connectivity index is 3.43. The maximum Gasteiger partial charge on any atom is 0.350 e. The van der Waals surface area contributed by atoms with Crippen LogP contribution < -0.4 is 5.69 Å². The SMILES string of the molecule is C=Cc1cn(C)c(=O)nc1O. The zero-order chi connectivity index (χ0) is 8.43. The van der Waals surface area contributed by atoms with E-state index < -0.39 is 5.69 Å². The highest BCUT2D eigenvalue weighted by Gasteiger charge is 2.00. The van der Waals surface area contributed by atoms with Crippen LogP contribution >= 0.6 is 0 Å². The van der Waals surface area contributed by atoms with Gasteiger partial charge < -0.3 is 9.67 Å². The van der Waals surface area contributed by atoms with Gasteiger partial charge in [0.1, 0.15) is 0 Å². The van der Waals surface area contributed by atoms with Gasteiger partial charge in [-0.2, -0.15) is 4.98 Å². The summed E-state index contributed by atoms with van der Waals surface area (Å²) in [4.78, 5) is 14.1. The predicted molar refractivity (Wildman–Crippen MR) is 41.2 cm³/mol. The Labute approximate surface area is 63.4 Å². The lowest BCUT2D eigenvalue weighted by Crippen LogP contribution is -2.19. The average molecular weight is 152 g/mol. The summed E-state index contributed by atoms with van der Waals surface area (Å²) in [6.45, 7) is 3.45. The molecule has 0 amide bonds. The second-order valence-electron chi connectivity index (χ2n) is 2.12. The molecule has 4 heteroatoms. The molecule has 0 radical (unpaired) electrons. The molecule has 0 unspecified atom stereocenters. The zero-order valence-electron chi connectivity index (χ0n) is 6.11. The van der Waals surface area contributed by atoms with E-state index in [0.29, 0.717) is 5.56 Å². The van der Waals surface area contributed by atoms with Crippen molar-refractivity contribution in [3.8, 4) is 5.88 Å². The molecule has 1 rings (SSSR count). The Bertz CT molecular complexity index is 341. The van der Waals surface area contributed by atoms with E-state index in [1.807, 2.05) is 0 Å². The first-order chi connectivity index (χ1) is 5.15. The molecular formula is C7H8N2O2. The van der Waals surface area contributed by atoms with Crippen molar-refractivity contribution in [2.24, 2.45) is 7.05 Å². The van der Waals surface area contributed by atoms with E-state index in [2.05, 4.69) is 11.6 Å². The predicted octanol–water partition coefficient (Wildman–Crippen LogP) is 0.129. The molecule has 0 aliphatic heterocycles. The molecule has 11 heavy (non-hydrogen) atoms. The first kappa shape index (κ1) is 7.53. The van der Waals surface area contributed by atoms with E-state index in [-0.39, 0.29) is 5.88 Å². The topological polar surface area (TPSA) is 55.1 Å². The van der Waals surface area contributed by atoms with Crippen LogP contribution in [-0.4, -0.2) is 14.7 Å². The number of aryl methyl sites for hydroxylation is 1. The molecule has 1 aromatic heterocycles. The summed E-state index contributed by atoms with van der Waals surface area (Å²) in [5, 5.41) is 9.02. The Morgan fingerprint density at radius 2 is 2.45 bits per heavy atom. The molecule has 0 bridgehead atoms. The summed E-state index contributed by atoms with van der Waals surface area (Å²) in [7, 11) is 1.56. The van der Waals surface area contributed by atoms with Gasteiger partial charge in [0.05, 0.1) is 5.56 Å². The van der Waals surface area contributed by atoms with Crippen LogP contribution in [-0.2, 0) is 7.05 Å². The largest absolute Gasteiger partial charge is 0.493 e. The van der Waals surface area contributed by atoms with Crippen molar-refractivity contribution < 1.29 is 5.11 Å². The minimum atomic E-state index is -0.479. The number of nitrogens with zero attached hydrogens (tertiary/aromatic N) is 2. The molecule has 0 aliphatic rings. The third-order valence-electron chi connectivity index (χ3n) is 1.31. The monoisotopic (exact) mass is 152 g/mol. The lowest BCUT2D eigenvalue weighted by molar-refractivity contribution is 0.444. The van der Waals surface area contributed by atoms with Crippen LogP contribution in [0.3, 0.4) is 0 Å². The van der Waals surface area contributed by atoms with Crippen LogP contribution in [0.25, 0.3) is 6.08 Å². The van der Waals surface area contributed by atoms with Gasteiger partial charge >= 0.3 is 5.69 Å². The fourth-order valence-electron chi connectivity index (χ4n) is 0.700. The van der Waals surface area contributed by atoms with Crippen molar-refractivity contribution in [2.75, 3.05) is 0 Å². The van der Waals surface area contributed by atoms with Crippen LogP contribution in [0.1, 0.15) is 5.56 Å². The van der Waals surface area contributed by atoms with Crippen molar-refractivity contribution in [1.82, 2.24) is 9.55 Å². The highest BCUT2D eigenvalue weighted by atomic mass is 16.3. The second-order valence-corrected chi connectivity index (χ2v) is 2.12. The number of aromatic hydroxyl groups is 1. The van der Waals surface area contributed by atoms with Gasteiger partial charge in [-0.05, 0) is 0 Å². The fraction of sp³-hybridized carbons (Fsp3) is 0.143. The smallest absolute Gasteiger partial charge is 0.350 e. The number of aromatic nitrogens is 2. The van der Waals surface area contributed by atoms with Gasteiger partial charge in [-0.25, -0.2) is 4.79 Å². The molecule has 1 N–H and O–H groups in total. The van der Waals surface area contributed by atoms with E-state index in [4.69, 9.17) is 5.11 Å². The van der Waals surface area contributed by atoms with E-state index in [1.54, 1.807) is 7.05 Å². The van der Waals surface area contributed by atoms with Gasteiger partial charge in [0.2, 0.25) is 5.88 Å². The molecule has 0 spiro atoms. The van der Waals surface area contributed by atoms with Crippen molar-refractivity contribution >= 4 is 6.08 Å². The Morgan fingerprint density at radius 3 is 3.00 bits per heavy atom. The normalized spacial score (nSPS) is 9.55. The van der Waals surface area contributed by atoms with Gasteiger partial charge in [0, 0.05) is 13.2 Å². The highest BCUT2D eigenvalue weighted by molar-refractivity contribution is 5.50. The molecule has 0 saturated carbocycles. The molecule has 0 atom stereocenters. The van der Waals surface area contributed by atoms with E-state index in [9.17, 15) is 4.79 Å². The van der Waals surface area contributed by atoms with Gasteiger partial charge in [0.25, 0.3) is 0 Å². The summed E-state index contributed by atoms with van der Waals surface area (Å²) in [6.07, 6.45) is 2.90. The van der Waals surface area contributed by atoms with E-state index in [0.717, 1.165) is 0 Å². The quantitative estimate of drug-likeness (QED) is 0.622. The molecule has 0 fully saturated rings. The molecule has 1 heterocycles. The van der Waals surface area contributed by atoms with Crippen molar-refractivity contribution in [2.45, 2.75) is 0 Å². The Kier molecular flexibility index (Phi) is 1.76. The van der Waals surface area contributed by atoms with Crippen molar-refractivity contribution in [3.63, 3.8) is 0 Å². The summed E-state index contributed by atoms with van der Waals surface area (Å²) < 4.78 is 1.27. The lowest BCUT2D eigenvalue weighted by atomic mass is 10.3. The molecular weight excluding hydrogens is 144 g/mol. The zero-order valence-corrected chi connectivity index (χ0v) is 6.11. The van der Waals surface area contributed by atoms with Gasteiger partial charge in [-0.15, -0.1) is 0 Å². The first-order valence-corrected chi connectivity index (χ1v) is 3.04. The summed E-state index contributed by atoms with van der Waals surface area (Å²) in [6, 6.07) is 0. The average Bonchev–Trinajstić information content (AvgIpc) is 1.97. The summed E-state index contributed by atoms with van der Waals surface area (Å²) >= 11 is 0. The summed E-state index contributed by atoms with van der Waals surface area (Å²) in [5.41, 5.74) is -0.0276. The minimum Gasteiger partial charge on any atom is -0.493 e. The number of hydrogen-bond acceptors (Lipinski definition) is 3. The van der Waals surface area contributed by atoms with Crippen LogP contribution in [0.5, 0.6) is 5.88 Å². The molecule has 0 aliphatic carbocycles. The standard InChI is InChI=1S/C7H8N2O2/c1-3-5-4-9(2)7(11)8-6(5)10/h3-4H,1H2,2H3,(H,8,10,11). The van der Waals surface area contributed by atoms with E-state index in [1.165, 1.54) is 16.8 Å². The van der Waals surface area contributed by atoms with Gasteiger partial charge in [0.15, 0.2) is 0 Å².